The quantitative estimate of drug-likeness (QED) is 0.868. The molecule has 1 amide bonds. The minimum absolute atomic E-state index is 0.0292. The monoisotopic (exact) mass is 282 g/mol. The summed E-state index contributed by atoms with van der Waals surface area (Å²) in [4.78, 5) is 11.9. The van der Waals surface area contributed by atoms with Gasteiger partial charge in [-0.1, -0.05) is 35.4 Å². The number of aryl methyl sites for hydroxylation is 3. The third-order valence-electron chi connectivity index (χ3n) is 3.39. The number of benzene rings is 2. The van der Waals surface area contributed by atoms with Crippen molar-refractivity contribution in [3.8, 4) is 0 Å². The van der Waals surface area contributed by atoms with Crippen molar-refractivity contribution >= 4 is 17.3 Å². The van der Waals surface area contributed by atoms with Gasteiger partial charge < -0.3 is 10.6 Å². The molecular formula is C18H22N2O. The van der Waals surface area contributed by atoms with E-state index >= 15 is 0 Å². The maximum Gasteiger partial charge on any atom is 0.226 e. The molecule has 0 aliphatic heterocycles. The third-order valence-corrected chi connectivity index (χ3v) is 3.39. The summed E-state index contributed by atoms with van der Waals surface area (Å²) in [5, 5.41) is 6.21. The number of nitrogens with one attached hydrogen (secondary N) is 2. The van der Waals surface area contributed by atoms with Crippen molar-refractivity contribution in [3.63, 3.8) is 0 Å². The average Bonchev–Trinajstić information content (AvgIpc) is 2.44. The molecule has 110 valence electrons. The van der Waals surface area contributed by atoms with Gasteiger partial charge in [0.2, 0.25) is 5.91 Å². The Bertz CT molecular complexity index is 618. The van der Waals surface area contributed by atoms with Gasteiger partial charge in [0.05, 0.1) is 0 Å². The van der Waals surface area contributed by atoms with Crippen molar-refractivity contribution < 1.29 is 4.79 Å². The maximum absolute atomic E-state index is 11.9. The standard InChI is InChI=1S/C18H22N2O/c1-13-4-7-16(8-5-13)19-11-10-18(21)20-17-9-6-14(2)12-15(17)3/h4-9,12,19H,10-11H2,1-3H3,(H,20,21). The molecule has 0 aliphatic carbocycles. The van der Waals surface area contributed by atoms with Crippen LogP contribution < -0.4 is 10.6 Å². The third kappa shape index (κ3) is 4.63. The molecule has 3 heteroatoms. The van der Waals surface area contributed by atoms with Gasteiger partial charge in [0.15, 0.2) is 0 Å². The van der Waals surface area contributed by atoms with Crippen molar-refractivity contribution in [3.05, 3.63) is 59.2 Å². The number of anilines is 2. The molecule has 0 spiro atoms. The fourth-order valence-corrected chi connectivity index (χ4v) is 2.16. The Labute approximate surface area is 126 Å². The fraction of sp³-hybridized carbons (Fsp3) is 0.278. The molecule has 0 radical (unpaired) electrons. The van der Waals surface area contributed by atoms with Crippen LogP contribution in [0, 0.1) is 20.8 Å². The summed E-state index contributed by atoms with van der Waals surface area (Å²) in [5.41, 5.74) is 5.45. The van der Waals surface area contributed by atoms with Gasteiger partial charge in [-0.25, -0.2) is 0 Å². The van der Waals surface area contributed by atoms with E-state index in [1.807, 2.05) is 38.1 Å². The summed E-state index contributed by atoms with van der Waals surface area (Å²) < 4.78 is 0. The molecule has 0 fully saturated rings. The summed E-state index contributed by atoms with van der Waals surface area (Å²) >= 11 is 0. The molecular weight excluding hydrogens is 260 g/mol. The number of hydrogen-bond acceptors (Lipinski definition) is 2. The summed E-state index contributed by atoms with van der Waals surface area (Å²) in [6, 6.07) is 14.2. The van der Waals surface area contributed by atoms with E-state index in [0.29, 0.717) is 13.0 Å². The maximum atomic E-state index is 11.9. The lowest BCUT2D eigenvalue weighted by Gasteiger charge is -2.10. The second-order valence-corrected chi connectivity index (χ2v) is 5.41. The normalized spacial score (nSPS) is 10.2. The van der Waals surface area contributed by atoms with Crippen LogP contribution in [0.3, 0.4) is 0 Å². The predicted octanol–water partition coefficient (Wildman–Crippen LogP) is 4.05. The van der Waals surface area contributed by atoms with Crippen LogP contribution >= 0.6 is 0 Å². The van der Waals surface area contributed by atoms with Crippen molar-refractivity contribution in [2.24, 2.45) is 0 Å². The smallest absolute Gasteiger partial charge is 0.226 e. The summed E-state index contributed by atoms with van der Waals surface area (Å²) in [6.07, 6.45) is 0.446. The molecule has 2 rings (SSSR count). The average molecular weight is 282 g/mol. The van der Waals surface area contributed by atoms with Crippen molar-refractivity contribution in [2.45, 2.75) is 27.2 Å². The van der Waals surface area contributed by atoms with Gasteiger partial charge in [0.1, 0.15) is 0 Å². The Morgan fingerprint density at radius 3 is 2.29 bits per heavy atom. The highest BCUT2D eigenvalue weighted by Crippen LogP contribution is 2.16. The van der Waals surface area contributed by atoms with Crippen LogP contribution in [0.1, 0.15) is 23.1 Å². The van der Waals surface area contributed by atoms with Crippen LogP contribution in [0.5, 0.6) is 0 Å². The van der Waals surface area contributed by atoms with Gasteiger partial charge in [-0.15, -0.1) is 0 Å². The lowest BCUT2D eigenvalue weighted by atomic mass is 10.1. The van der Waals surface area contributed by atoms with Gasteiger partial charge in [-0.2, -0.15) is 0 Å². The van der Waals surface area contributed by atoms with Crippen molar-refractivity contribution in [1.82, 2.24) is 0 Å². The van der Waals surface area contributed by atoms with Crippen LogP contribution in [0.2, 0.25) is 0 Å². The molecule has 0 atom stereocenters. The molecule has 2 aromatic rings. The molecule has 0 unspecified atom stereocenters. The first-order valence-electron chi connectivity index (χ1n) is 7.22. The molecule has 21 heavy (non-hydrogen) atoms. The largest absolute Gasteiger partial charge is 0.385 e. The summed E-state index contributed by atoms with van der Waals surface area (Å²) in [6.45, 7) is 6.73. The van der Waals surface area contributed by atoms with Gasteiger partial charge >= 0.3 is 0 Å². The van der Waals surface area contributed by atoms with E-state index in [-0.39, 0.29) is 5.91 Å². The van der Waals surface area contributed by atoms with Gasteiger partial charge in [0, 0.05) is 24.3 Å². The van der Waals surface area contributed by atoms with E-state index in [4.69, 9.17) is 0 Å². The molecule has 2 aromatic carbocycles. The lowest BCUT2D eigenvalue weighted by Crippen LogP contribution is -2.16. The van der Waals surface area contributed by atoms with Crippen molar-refractivity contribution in [2.75, 3.05) is 17.2 Å². The number of carbonyl (C=O) groups is 1. The van der Waals surface area contributed by atoms with Crippen LogP contribution in [0.25, 0.3) is 0 Å². The summed E-state index contributed by atoms with van der Waals surface area (Å²) in [7, 11) is 0. The second-order valence-electron chi connectivity index (χ2n) is 5.41. The van der Waals surface area contributed by atoms with Crippen LogP contribution in [0.4, 0.5) is 11.4 Å². The predicted molar refractivity (Wildman–Crippen MR) is 88.8 cm³/mol. The topological polar surface area (TPSA) is 41.1 Å². The molecule has 0 heterocycles. The first-order chi connectivity index (χ1) is 10.0. The number of rotatable bonds is 5. The zero-order chi connectivity index (χ0) is 15.2. The van der Waals surface area contributed by atoms with E-state index in [1.165, 1.54) is 11.1 Å². The first-order valence-corrected chi connectivity index (χ1v) is 7.22. The van der Waals surface area contributed by atoms with Crippen LogP contribution in [-0.2, 0) is 4.79 Å². The van der Waals surface area contributed by atoms with E-state index in [1.54, 1.807) is 0 Å². The molecule has 0 saturated carbocycles. The lowest BCUT2D eigenvalue weighted by molar-refractivity contribution is -0.115. The molecule has 3 nitrogen and oxygen atoms in total. The Hall–Kier alpha value is -2.29. The summed E-state index contributed by atoms with van der Waals surface area (Å²) in [5.74, 6) is 0.0292. The fourth-order valence-electron chi connectivity index (χ4n) is 2.16. The van der Waals surface area contributed by atoms with Gasteiger partial charge in [0.25, 0.3) is 0 Å². The van der Waals surface area contributed by atoms with E-state index in [9.17, 15) is 4.79 Å². The zero-order valence-corrected chi connectivity index (χ0v) is 12.9. The van der Waals surface area contributed by atoms with Crippen LogP contribution in [-0.4, -0.2) is 12.5 Å². The minimum Gasteiger partial charge on any atom is -0.385 e. The number of amides is 1. The number of carbonyl (C=O) groups excluding carboxylic acids is 1. The SMILES string of the molecule is Cc1ccc(NCCC(=O)Nc2ccc(C)cc2C)cc1. The van der Waals surface area contributed by atoms with E-state index in [2.05, 4.69) is 35.8 Å². The molecule has 2 N–H and O–H groups in total. The van der Waals surface area contributed by atoms with Crippen LogP contribution in [0.15, 0.2) is 42.5 Å². The Kier molecular flexibility index (Phi) is 4.99. The molecule has 0 aromatic heterocycles. The zero-order valence-electron chi connectivity index (χ0n) is 12.9. The Morgan fingerprint density at radius 2 is 1.62 bits per heavy atom. The Balaban J connectivity index is 1.81. The highest BCUT2D eigenvalue weighted by atomic mass is 16.1. The molecule has 0 bridgehead atoms. The highest BCUT2D eigenvalue weighted by Gasteiger charge is 2.04. The van der Waals surface area contributed by atoms with Gasteiger partial charge in [-0.05, 0) is 44.5 Å². The minimum atomic E-state index is 0.0292. The molecule has 0 aliphatic rings. The Morgan fingerprint density at radius 1 is 0.952 bits per heavy atom. The van der Waals surface area contributed by atoms with Gasteiger partial charge in [-0.3, -0.25) is 4.79 Å². The second kappa shape index (κ2) is 6.93. The molecule has 0 saturated heterocycles. The first kappa shape index (κ1) is 15.1. The van der Waals surface area contributed by atoms with Crippen molar-refractivity contribution in [1.29, 1.82) is 0 Å². The highest BCUT2D eigenvalue weighted by molar-refractivity contribution is 5.91. The van der Waals surface area contributed by atoms with E-state index in [0.717, 1.165) is 16.9 Å². The number of hydrogen-bond donors (Lipinski definition) is 2. The van der Waals surface area contributed by atoms with E-state index < -0.39 is 0 Å².